The van der Waals surface area contributed by atoms with Gasteiger partial charge in [-0.1, -0.05) is 58.0 Å². The van der Waals surface area contributed by atoms with E-state index in [0.29, 0.717) is 22.4 Å². The van der Waals surface area contributed by atoms with Crippen LogP contribution in [-0.2, 0) is 16.0 Å². The van der Waals surface area contributed by atoms with E-state index >= 15 is 0 Å². The van der Waals surface area contributed by atoms with Crippen LogP contribution in [0.5, 0.6) is 0 Å². The van der Waals surface area contributed by atoms with Crippen molar-refractivity contribution in [2.24, 2.45) is 0 Å². The normalized spacial score (nSPS) is 11.5. The molecule has 142 valence electrons. The smallest absolute Gasteiger partial charge is 0.806 e. The van der Waals surface area contributed by atoms with Crippen LogP contribution in [0.25, 0.3) is 11.5 Å². The summed E-state index contributed by atoms with van der Waals surface area (Å²) in [6.07, 6.45) is 0. The maximum atomic E-state index is 13.7. The van der Waals surface area contributed by atoms with Gasteiger partial charge in [-0.25, -0.2) is 0 Å². The van der Waals surface area contributed by atoms with Crippen molar-refractivity contribution >= 4 is 35.3 Å². The summed E-state index contributed by atoms with van der Waals surface area (Å²) in [7, 11) is -6.12. The Morgan fingerprint density at radius 1 is 1.10 bits per heavy atom. The molecule has 1 aromatic heterocycles. The van der Waals surface area contributed by atoms with E-state index in [2.05, 4.69) is 26.1 Å². The summed E-state index contributed by atoms with van der Waals surface area (Å²) in [6, 6.07) is 12.7. The van der Waals surface area contributed by atoms with Gasteiger partial charge in [0.25, 0.3) is 10.9 Å². The van der Waals surface area contributed by atoms with Crippen molar-refractivity contribution in [3.63, 3.8) is 0 Å². The van der Waals surface area contributed by atoms with E-state index in [0.717, 1.165) is 11.6 Å². The fourth-order valence-corrected chi connectivity index (χ4v) is 4.17. The van der Waals surface area contributed by atoms with Crippen LogP contribution in [-0.4, -0.2) is 10.2 Å². The number of nitrogens with zero attached hydrogens (tertiary/aromatic N) is 2. The molecular formula is C16H10BrF2N2Na2O4PS. The Morgan fingerprint density at radius 2 is 1.76 bits per heavy atom. The molecule has 0 atom stereocenters. The Bertz CT molecular complexity index is 1010. The molecule has 0 bridgehead atoms. The van der Waals surface area contributed by atoms with Gasteiger partial charge in [0.05, 0.1) is 0 Å². The van der Waals surface area contributed by atoms with Crippen molar-refractivity contribution in [3.05, 3.63) is 64.1 Å². The summed E-state index contributed by atoms with van der Waals surface area (Å²) >= 11 is 4.09. The average molecular weight is 521 g/mol. The van der Waals surface area contributed by atoms with Gasteiger partial charge in [-0.05, 0) is 23.8 Å². The number of benzene rings is 2. The van der Waals surface area contributed by atoms with E-state index < -0.39 is 18.8 Å². The minimum absolute atomic E-state index is 0. The van der Waals surface area contributed by atoms with E-state index in [9.17, 15) is 23.1 Å². The zero-order valence-corrected chi connectivity index (χ0v) is 22.6. The fraction of sp³-hybridized carbons (Fsp3) is 0.125. The first-order valence-corrected chi connectivity index (χ1v) is 10.7. The molecule has 6 nitrogen and oxygen atoms in total. The quantitative estimate of drug-likeness (QED) is 0.206. The molecule has 0 saturated heterocycles. The first kappa shape index (κ1) is 27.5. The molecule has 3 aromatic rings. The number of hydrogen-bond acceptors (Lipinski definition) is 7. The van der Waals surface area contributed by atoms with Crippen LogP contribution >= 0.6 is 35.3 Å². The SMILES string of the molecule is O=P([O-])([O-])C(F)(F)c1ccc(CSc2nnc(-c3ccccc3)o2)cc1Br.[Na+].[Na+]. The molecule has 1 heterocycles. The van der Waals surface area contributed by atoms with Gasteiger partial charge in [-0.3, -0.25) is 0 Å². The summed E-state index contributed by atoms with van der Waals surface area (Å²) in [5.74, 6) is 0.670. The van der Waals surface area contributed by atoms with Crippen molar-refractivity contribution < 1.29 is 86.7 Å². The number of alkyl halides is 2. The zero-order valence-electron chi connectivity index (χ0n) is 15.3. The van der Waals surface area contributed by atoms with Crippen LogP contribution in [0.15, 0.2) is 62.6 Å². The van der Waals surface area contributed by atoms with Crippen LogP contribution in [0.4, 0.5) is 8.78 Å². The number of aromatic nitrogens is 2. The van der Waals surface area contributed by atoms with Crippen molar-refractivity contribution in [3.8, 4) is 11.5 Å². The summed E-state index contributed by atoms with van der Waals surface area (Å²) < 4.78 is 43.6. The zero-order chi connectivity index (χ0) is 19.7. The Morgan fingerprint density at radius 3 is 2.34 bits per heavy atom. The second kappa shape index (κ2) is 11.3. The van der Waals surface area contributed by atoms with Gasteiger partial charge in [-0.15, -0.1) is 10.2 Å². The second-order valence-electron chi connectivity index (χ2n) is 5.38. The molecule has 0 unspecified atom stereocenters. The Labute approximate surface area is 222 Å². The van der Waals surface area contributed by atoms with Crippen molar-refractivity contribution in [1.82, 2.24) is 10.2 Å². The molecule has 2 aromatic carbocycles. The number of rotatable bonds is 6. The van der Waals surface area contributed by atoms with Crippen LogP contribution in [0, 0.1) is 0 Å². The second-order valence-corrected chi connectivity index (χ2v) is 8.72. The van der Waals surface area contributed by atoms with E-state index in [1.807, 2.05) is 30.3 Å². The summed E-state index contributed by atoms with van der Waals surface area (Å²) in [6.45, 7) is 0. The fourth-order valence-electron chi connectivity index (χ4n) is 2.15. The Kier molecular flexibility index (Phi) is 10.7. The molecule has 0 amide bonds. The first-order valence-electron chi connectivity index (χ1n) is 7.39. The van der Waals surface area contributed by atoms with E-state index in [1.54, 1.807) is 0 Å². The molecule has 3 rings (SSSR count). The molecule has 0 aliphatic carbocycles. The third-order valence-electron chi connectivity index (χ3n) is 3.49. The molecule has 29 heavy (non-hydrogen) atoms. The maximum Gasteiger partial charge on any atom is 1.00 e. The molecule has 13 heteroatoms. The number of hydrogen-bond donors (Lipinski definition) is 0. The summed E-state index contributed by atoms with van der Waals surface area (Å²) in [5.41, 5.74) is -4.02. The average Bonchev–Trinajstić information content (AvgIpc) is 3.08. The largest absolute Gasteiger partial charge is 1.00 e. The van der Waals surface area contributed by atoms with Crippen LogP contribution in [0.2, 0.25) is 0 Å². The standard InChI is InChI=1S/C16H12BrF2N2O4PS.2Na/c17-13-8-10(6-7-12(13)16(18,19)26(22,23)24)9-27-15-21-20-14(25-15)11-4-2-1-3-5-11;;/h1-8H,9H2,(H2,22,23,24);;/q;2*+1/p-2. The van der Waals surface area contributed by atoms with Gasteiger partial charge in [0.15, 0.2) is 0 Å². The van der Waals surface area contributed by atoms with Gasteiger partial charge in [0, 0.05) is 28.9 Å². The molecule has 0 aliphatic heterocycles. The predicted octanol–water partition coefficient (Wildman–Crippen LogP) is -2.24. The molecular weight excluding hydrogens is 511 g/mol. The topological polar surface area (TPSA) is 102 Å². The van der Waals surface area contributed by atoms with Crippen molar-refractivity contribution in [1.29, 1.82) is 0 Å². The number of halogens is 3. The molecule has 0 N–H and O–H groups in total. The third-order valence-corrected chi connectivity index (χ3v) is 5.97. The van der Waals surface area contributed by atoms with Gasteiger partial charge >= 0.3 is 59.1 Å². The number of thioether (sulfide) groups is 1. The van der Waals surface area contributed by atoms with E-state index in [1.165, 1.54) is 23.9 Å². The summed E-state index contributed by atoms with van der Waals surface area (Å²) in [5, 5.41) is 8.15. The van der Waals surface area contributed by atoms with Crippen LogP contribution in [0.3, 0.4) is 0 Å². The Balaban J connectivity index is 0.00000210. The molecule has 0 spiro atoms. The molecule has 0 fully saturated rings. The molecule has 0 radical (unpaired) electrons. The third kappa shape index (κ3) is 6.70. The monoisotopic (exact) mass is 520 g/mol. The van der Waals surface area contributed by atoms with Crippen molar-refractivity contribution in [2.75, 3.05) is 0 Å². The molecule has 0 aliphatic rings. The van der Waals surface area contributed by atoms with E-state index in [-0.39, 0.29) is 63.6 Å². The molecule has 0 saturated carbocycles. The minimum atomic E-state index is -6.12. The summed E-state index contributed by atoms with van der Waals surface area (Å²) in [4.78, 5) is 21.6. The van der Waals surface area contributed by atoms with Gasteiger partial charge in [0.2, 0.25) is 5.89 Å². The Hall–Kier alpha value is 0.420. The predicted molar refractivity (Wildman–Crippen MR) is 94.9 cm³/mol. The first-order chi connectivity index (χ1) is 12.7. The van der Waals surface area contributed by atoms with Gasteiger partial charge < -0.3 is 18.8 Å². The van der Waals surface area contributed by atoms with Gasteiger partial charge in [0.1, 0.15) is 0 Å². The van der Waals surface area contributed by atoms with Crippen molar-refractivity contribution in [2.45, 2.75) is 16.6 Å². The van der Waals surface area contributed by atoms with Gasteiger partial charge in [-0.2, -0.15) is 8.78 Å². The maximum absolute atomic E-state index is 13.7. The van der Waals surface area contributed by atoms with Crippen LogP contribution < -0.4 is 68.9 Å². The van der Waals surface area contributed by atoms with E-state index in [4.69, 9.17) is 4.42 Å². The minimum Gasteiger partial charge on any atom is -0.806 e. The van der Waals surface area contributed by atoms with Crippen LogP contribution in [0.1, 0.15) is 11.1 Å².